The van der Waals surface area contributed by atoms with E-state index in [-0.39, 0.29) is 24.0 Å². The van der Waals surface area contributed by atoms with E-state index in [1.165, 1.54) is 12.0 Å². The molecular formula is C26H24ClNO6. The summed E-state index contributed by atoms with van der Waals surface area (Å²) in [4.78, 5) is 28.4. The number of hydrogen-bond donors (Lipinski definition) is 1. The highest BCUT2D eigenvalue weighted by Gasteiger charge is 2.45. The normalized spacial score (nSPS) is 20.6. The number of nitrogens with zero attached hydrogens (tertiary/aromatic N) is 1. The Morgan fingerprint density at radius 2 is 2.09 bits per heavy atom. The van der Waals surface area contributed by atoms with E-state index in [0.717, 1.165) is 24.0 Å². The van der Waals surface area contributed by atoms with E-state index in [4.69, 9.17) is 25.5 Å². The number of halogens is 1. The molecule has 0 bridgehead atoms. The summed E-state index contributed by atoms with van der Waals surface area (Å²) in [6.45, 7) is 2.85. The summed E-state index contributed by atoms with van der Waals surface area (Å²) < 4.78 is 16.9. The van der Waals surface area contributed by atoms with Crippen LogP contribution in [0.15, 0.2) is 58.2 Å². The number of benzene rings is 2. The van der Waals surface area contributed by atoms with Gasteiger partial charge in [-0.3, -0.25) is 9.59 Å². The van der Waals surface area contributed by atoms with Crippen LogP contribution in [-0.4, -0.2) is 48.1 Å². The van der Waals surface area contributed by atoms with Crippen LogP contribution in [0.4, 0.5) is 0 Å². The largest absolute Gasteiger partial charge is 0.503 e. The molecule has 3 aromatic rings. The van der Waals surface area contributed by atoms with Crippen LogP contribution >= 0.6 is 11.6 Å². The highest BCUT2D eigenvalue weighted by atomic mass is 35.5. The molecule has 34 heavy (non-hydrogen) atoms. The van der Waals surface area contributed by atoms with Crippen LogP contribution in [0.1, 0.15) is 40.6 Å². The molecule has 0 radical (unpaired) electrons. The number of carbonyl (C=O) groups is 2. The lowest BCUT2D eigenvalue weighted by Crippen LogP contribution is -2.37. The van der Waals surface area contributed by atoms with Crippen molar-refractivity contribution in [2.24, 2.45) is 0 Å². The molecule has 1 saturated heterocycles. The van der Waals surface area contributed by atoms with Gasteiger partial charge in [0.1, 0.15) is 0 Å². The first-order valence-electron chi connectivity index (χ1n) is 11.1. The fourth-order valence-electron chi connectivity index (χ4n) is 4.75. The first-order chi connectivity index (χ1) is 16.4. The van der Waals surface area contributed by atoms with Crippen molar-refractivity contribution in [2.45, 2.75) is 31.9 Å². The molecule has 0 aliphatic carbocycles. The number of methoxy groups -OCH3 is 1. The van der Waals surface area contributed by atoms with Crippen molar-refractivity contribution < 1.29 is 28.6 Å². The highest BCUT2D eigenvalue weighted by molar-refractivity contribution is 6.31. The third-order valence-corrected chi connectivity index (χ3v) is 6.54. The van der Waals surface area contributed by atoms with Gasteiger partial charge in [-0.1, -0.05) is 41.4 Å². The highest BCUT2D eigenvalue weighted by Crippen LogP contribution is 2.41. The Labute approximate surface area is 201 Å². The zero-order valence-corrected chi connectivity index (χ0v) is 19.6. The predicted octanol–water partition coefficient (Wildman–Crippen LogP) is 5.16. The van der Waals surface area contributed by atoms with Gasteiger partial charge < -0.3 is 23.9 Å². The van der Waals surface area contributed by atoms with Crippen molar-refractivity contribution in [3.8, 4) is 5.75 Å². The van der Waals surface area contributed by atoms with Crippen molar-refractivity contribution in [1.29, 1.82) is 0 Å². The minimum absolute atomic E-state index is 0.0125. The lowest BCUT2D eigenvalue weighted by Gasteiger charge is -2.29. The zero-order chi connectivity index (χ0) is 24.0. The average Bonchev–Trinajstić information content (AvgIpc) is 3.53. The Morgan fingerprint density at radius 3 is 2.79 bits per heavy atom. The zero-order valence-electron chi connectivity index (χ0n) is 18.8. The van der Waals surface area contributed by atoms with E-state index in [0.29, 0.717) is 28.3 Å². The van der Waals surface area contributed by atoms with Crippen LogP contribution in [0.2, 0.25) is 5.02 Å². The van der Waals surface area contributed by atoms with Gasteiger partial charge in [-0.15, -0.1) is 0 Å². The molecule has 8 heteroatoms. The number of carbonyl (C=O) groups excluding carboxylic acids is 2. The molecule has 1 fully saturated rings. The number of rotatable bonds is 6. The molecule has 5 rings (SSSR count). The lowest BCUT2D eigenvalue weighted by atomic mass is 9.94. The third kappa shape index (κ3) is 3.85. The number of hydrogen-bond acceptors (Lipinski definition) is 6. The van der Waals surface area contributed by atoms with E-state index >= 15 is 0 Å². The molecule has 1 amide bonds. The first kappa shape index (κ1) is 22.5. The van der Waals surface area contributed by atoms with Gasteiger partial charge in [0.05, 0.1) is 24.8 Å². The number of Topliss-reactive ketones (excluding diaryl/α,β-unsaturated/α-hetero) is 1. The average molecular weight is 482 g/mol. The summed E-state index contributed by atoms with van der Waals surface area (Å²) >= 11 is 6.16. The van der Waals surface area contributed by atoms with E-state index in [9.17, 15) is 14.7 Å². The molecule has 0 saturated carbocycles. The van der Waals surface area contributed by atoms with Gasteiger partial charge in [0.2, 0.25) is 5.78 Å². The Bertz CT molecular complexity index is 1320. The van der Waals surface area contributed by atoms with Crippen molar-refractivity contribution in [2.75, 3.05) is 20.3 Å². The SMILES string of the molecule is COc1cc(Cl)cc2cc(C(=O)C3=C(O)C(=O)N(CC4CCCO4)C3c3cccc(C)c3)oc12. The van der Waals surface area contributed by atoms with E-state index in [1.54, 1.807) is 18.2 Å². The Balaban J connectivity index is 1.59. The summed E-state index contributed by atoms with van der Waals surface area (Å²) in [5.74, 6) is -1.36. The maximum Gasteiger partial charge on any atom is 0.290 e. The van der Waals surface area contributed by atoms with Crippen molar-refractivity contribution in [3.63, 3.8) is 0 Å². The standard InChI is InChI=1S/C26H24ClNO6/c1-14-5-3-6-15(9-14)22-21(24(30)26(31)28(22)13-18-7-4-8-33-18)23(29)19-11-16-10-17(27)12-20(32-2)25(16)34-19/h3,5-6,9-12,18,22,30H,4,7-8,13H2,1-2H3. The second kappa shape index (κ2) is 8.81. The minimum atomic E-state index is -0.761. The molecule has 2 aliphatic rings. The molecule has 1 N–H and O–H groups in total. The van der Waals surface area contributed by atoms with Gasteiger partial charge in [0.15, 0.2) is 22.9 Å². The second-order valence-corrected chi connectivity index (χ2v) is 9.07. The molecule has 2 unspecified atom stereocenters. The maximum atomic E-state index is 13.7. The van der Waals surface area contributed by atoms with Gasteiger partial charge in [-0.25, -0.2) is 0 Å². The molecule has 7 nitrogen and oxygen atoms in total. The first-order valence-corrected chi connectivity index (χ1v) is 11.5. The molecule has 1 aromatic heterocycles. The van der Waals surface area contributed by atoms with E-state index in [2.05, 4.69) is 0 Å². The van der Waals surface area contributed by atoms with Crippen LogP contribution in [0.3, 0.4) is 0 Å². The molecule has 176 valence electrons. The smallest absolute Gasteiger partial charge is 0.290 e. The topological polar surface area (TPSA) is 89.2 Å². The summed E-state index contributed by atoms with van der Waals surface area (Å²) in [6, 6.07) is 11.6. The second-order valence-electron chi connectivity index (χ2n) is 8.64. The number of amides is 1. The number of ketones is 1. The third-order valence-electron chi connectivity index (χ3n) is 6.32. The minimum Gasteiger partial charge on any atom is -0.503 e. The Hall–Kier alpha value is -3.29. The van der Waals surface area contributed by atoms with Crippen molar-refractivity contribution >= 4 is 34.3 Å². The quantitative estimate of drug-likeness (QED) is 0.489. The predicted molar refractivity (Wildman–Crippen MR) is 126 cm³/mol. The number of aliphatic hydroxyl groups excluding tert-OH is 1. The molecular weight excluding hydrogens is 458 g/mol. The molecule has 0 spiro atoms. The lowest BCUT2D eigenvalue weighted by molar-refractivity contribution is -0.131. The summed E-state index contributed by atoms with van der Waals surface area (Å²) in [5, 5.41) is 11.9. The van der Waals surface area contributed by atoms with Crippen LogP contribution < -0.4 is 4.74 Å². The Morgan fingerprint density at radius 1 is 1.26 bits per heavy atom. The van der Waals surface area contributed by atoms with Crippen LogP contribution in [-0.2, 0) is 9.53 Å². The molecule has 2 aromatic carbocycles. The molecule has 2 aliphatic heterocycles. The molecule has 3 heterocycles. The van der Waals surface area contributed by atoms with Gasteiger partial charge in [0, 0.05) is 29.6 Å². The summed E-state index contributed by atoms with van der Waals surface area (Å²) in [6.07, 6.45) is 1.59. The monoisotopic (exact) mass is 481 g/mol. The number of fused-ring (bicyclic) bond motifs is 1. The van der Waals surface area contributed by atoms with E-state index < -0.39 is 23.5 Å². The fraction of sp³-hybridized carbons (Fsp3) is 0.308. The van der Waals surface area contributed by atoms with Crippen LogP contribution in [0.25, 0.3) is 11.0 Å². The van der Waals surface area contributed by atoms with Crippen LogP contribution in [0.5, 0.6) is 5.75 Å². The van der Waals surface area contributed by atoms with Gasteiger partial charge in [-0.05, 0) is 37.5 Å². The van der Waals surface area contributed by atoms with Gasteiger partial charge in [-0.2, -0.15) is 0 Å². The number of aliphatic hydroxyl groups is 1. The summed E-state index contributed by atoms with van der Waals surface area (Å²) in [7, 11) is 1.48. The van der Waals surface area contributed by atoms with Gasteiger partial charge >= 0.3 is 0 Å². The number of ether oxygens (including phenoxy) is 2. The van der Waals surface area contributed by atoms with Crippen molar-refractivity contribution in [3.05, 3.63) is 75.7 Å². The van der Waals surface area contributed by atoms with Crippen molar-refractivity contribution in [1.82, 2.24) is 4.90 Å². The van der Waals surface area contributed by atoms with E-state index in [1.807, 2.05) is 31.2 Å². The maximum absolute atomic E-state index is 13.7. The fourth-order valence-corrected chi connectivity index (χ4v) is 4.97. The number of furan rings is 1. The Kier molecular flexibility index (Phi) is 5.83. The number of aryl methyl sites for hydroxylation is 1. The summed E-state index contributed by atoms with van der Waals surface area (Å²) in [5.41, 5.74) is 2.06. The van der Waals surface area contributed by atoms with Gasteiger partial charge in [0.25, 0.3) is 5.91 Å². The van der Waals surface area contributed by atoms with Crippen LogP contribution in [0, 0.1) is 6.92 Å². The molecule has 2 atom stereocenters.